The molecular weight excluding hydrogens is 192 g/mol. The molecule has 13 heavy (non-hydrogen) atoms. The van der Waals surface area contributed by atoms with Crippen LogP contribution in [0.2, 0.25) is 0 Å². The Bertz CT molecular complexity index is 244. The lowest BCUT2D eigenvalue weighted by Crippen LogP contribution is -2.19. The van der Waals surface area contributed by atoms with E-state index in [4.69, 9.17) is 0 Å². The summed E-state index contributed by atoms with van der Waals surface area (Å²) in [6.07, 6.45) is 1.16. The fraction of sp³-hybridized carbons (Fsp3) is 0.857. The molecule has 0 heterocycles. The van der Waals surface area contributed by atoms with Crippen LogP contribution in [0.25, 0.3) is 0 Å². The van der Waals surface area contributed by atoms with Gasteiger partial charge in [0.15, 0.2) is 0 Å². The number of rotatable bonds is 1. The molecule has 5 nitrogen and oxygen atoms in total. The molecule has 0 saturated heterocycles. The molecule has 0 aromatic rings. The largest absolute Gasteiger partial charge is 0.349 e. The Kier molecular flexibility index (Phi) is 6.79. The standard InChI is InChI=1S/C4H9NO.C3H9NO2S/c1-4(6)5(2)3;1-4(2)7(3,5)6/h1-3H3;1-3H3. The van der Waals surface area contributed by atoms with E-state index in [0.717, 1.165) is 10.6 Å². The van der Waals surface area contributed by atoms with Crippen molar-refractivity contribution in [1.82, 2.24) is 9.21 Å². The molecule has 0 bridgehead atoms. The van der Waals surface area contributed by atoms with Crippen molar-refractivity contribution in [3.63, 3.8) is 0 Å². The van der Waals surface area contributed by atoms with E-state index in [2.05, 4.69) is 0 Å². The first-order valence-electron chi connectivity index (χ1n) is 3.64. The molecule has 0 N–H and O–H groups in total. The smallest absolute Gasteiger partial charge is 0.218 e. The number of hydrogen-bond acceptors (Lipinski definition) is 3. The molecule has 0 atom stereocenters. The summed E-state index contributed by atoms with van der Waals surface area (Å²) in [5, 5.41) is 0. The van der Waals surface area contributed by atoms with Gasteiger partial charge in [-0.15, -0.1) is 0 Å². The summed E-state index contributed by atoms with van der Waals surface area (Å²) >= 11 is 0. The fourth-order valence-corrected chi connectivity index (χ4v) is 0. The maximum absolute atomic E-state index is 10.3. The lowest BCUT2D eigenvalue weighted by atomic mass is 10.7. The Morgan fingerprint density at radius 1 is 1.08 bits per heavy atom. The minimum absolute atomic E-state index is 0.0926. The van der Waals surface area contributed by atoms with E-state index >= 15 is 0 Å². The molecule has 0 fully saturated rings. The molecule has 0 radical (unpaired) electrons. The van der Waals surface area contributed by atoms with Crippen molar-refractivity contribution in [2.45, 2.75) is 6.92 Å². The van der Waals surface area contributed by atoms with Gasteiger partial charge in [0, 0.05) is 35.1 Å². The van der Waals surface area contributed by atoms with Crippen molar-refractivity contribution < 1.29 is 13.2 Å². The maximum Gasteiger partial charge on any atom is 0.218 e. The molecule has 0 unspecified atom stereocenters. The van der Waals surface area contributed by atoms with Gasteiger partial charge in [-0.3, -0.25) is 4.79 Å². The maximum atomic E-state index is 10.3. The number of carbonyl (C=O) groups excluding carboxylic acids is 1. The third-order valence-electron chi connectivity index (χ3n) is 1.29. The van der Waals surface area contributed by atoms with Gasteiger partial charge in [0.25, 0.3) is 0 Å². The Morgan fingerprint density at radius 2 is 1.23 bits per heavy atom. The van der Waals surface area contributed by atoms with Crippen LogP contribution in [-0.2, 0) is 14.8 Å². The van der Waals surface area contributed by atoms with Gasteiger partial charge in [-0.2, -0.15) is 0 Å². The average molecular weight is 210 g/mol. The third-order valence-corrected chi connectivity index (χ3v) is 2.62. The lowest BCUT2D eigenvalue weighted by Gasteiger charge is -2.02. The highest BCUT2D eigenvalue weighted by Gasteiger charge is 2.00. The summed E-state index contributed by atoms with van der Waals surface area (Å²) in [6.45, 7) is 1.53. The van der Waals surface area contributed by atoms with Gasteiger partial charge >= 0.3 is 0 Å². The minimum Gasteiger partial charge on any atom is -0.349 e. The third kappa shape index (κ3) is 11.4. The molecule has 0 aliphatic rings. The van der Waals surface area contributed by atoms with E-state index in [0.29, 0.717) is 0 Å². The van der Waals surface area contributed by atoms with Crippen LogP contribution in [0.3, 0.4) is 0 Å². The molecule has 80 valence electrons. The van der Waals surface area contributed by atoms with Gasteiger partial charge in [0.2, 0.25) is 15.9 Å². The molecule has 0 rings (SSSR count). The zero-order valence-electron chi connectivity index (χ0n) is 9.03. The topological polar surface area (TPSA) is 57.7 Å². The second-order valence-corrected chi connectivity index (χ2v) is 5.16. The van der Waals surface area contributed by atoms with Crippen molar-refractivity contribution in [2.24, 2.45) is 0 Å². The van der Waals surface area contributed by atoms with E-state index in [-0.39, 0.29) is 5.91 Å². The van der Waals surface area contributed by atoms with Crippen molar-refractivity contribution >= 4 is 15.9 Å². The molecule has 0 aliphatic carbocycles. The van der Waals surface area contributed by atoms with E-state index in [1.807, 2.05) is 0 Å². The molecule has 0 aromatic carbocycles. The molecule has 0 aliphatic heterocycles. The molecule has 1 amide bonds. The zero-order valence-corrected chi connectivity index (χ0v) is 9.84. The predicted molar refractivity (Wildman–Crippen MR) is 52.9 cm³/mol. The number of hydrogen-bond donors (Lipinski definition) is 0. The summed E-state index contributed by atoms with van der Waals surface area (Å²) in [7, 11) is 3.53. The van der Waals surface area contributed by atoms with Gasteiger partial charge in [-0.1, -0.05) is 0 Å². The minimum atomic E-state index is -2.91. The molecular formula is C7H18N2O3S. The zero-order chi connectivity index (χ0) is 11.2. The summed E-state index contributed by atoms with van der Waals surface area (Å²) < 4.78 is 21.7. The van der Waals surface area contributed by atoms with Gasteiger partial charge in [0.1, 0.15) is 0 Å². The first-order chi connectivity index (χ1) is 5.59. The van der Waals surface area contributed by atoms with Gasteiger partial charge in [-0.05, 0) is 0 Å². The SMILES string of the molecule is CC(=O)N(C)C.CN(C)S(C)(=O)=O. The Hall–Kier alpha value is -0.620. The van der Waals surface area contributed by atoms with E-state index < -0.39 is 10.0 Å². The van der Waals surface area contributed by atoms with Gasteiger partial charge < -0.3 is 4.90 Å². The summed E-state index contributed by atoms with van der Waals surface area (Å²) in [6, 6.07) is 0. The van der Waals surface area contributed by atoms with Crippen LogP contribution in [0.4, 0.5) is 0 Å². The van der Waals surface area contributed by atoms with Crippen LogP contribution in [0, 0.1) is 0 Å². The Labute approximate surface area is 80.4 Å². The second kappa shape index (κ2) is 5.93. The van der Waals surface area contributed by atoms with Crippen molar-refractivity contribution in [3.05, 3.63) is 0 Å². The number of carbonyl (C=O) groups is 1. The van der Waals surface area contributed by atoms with Crippen molar-refractivity contribution in [1.29, 1.82) is 0 Å². The Balaban J connectivity index is 0. The molecule has 6 heteroatoms. The lowest BCUT2D eigenvalue weighted by molar-refractivity contribution is -0.126. The summed E-state index contributed by atoms with van der Waals surface area (Å²) in [4.78, 5) is 11.6. The summed E-state index contributed by atoms with van der Waals surface area (Å²) in [5.74, 6) is 0.0926. The van der Waals surface area contributed by atoms with E-state index in [1.165, 1.54) is 25.9 Å². The van der Waals surface area contributed by atoms with Crippen LogP contribution >= 0.6 is 0 Å². The number of sulfonamides is 1. The predicted octanol–water partition coefficient (Wildman–Crippen LogP) is -0.398. The van der Waals surface area contributed by atoms with Crippen LogP contribution in [-0.4, -0.2) is 58.0 Å². The molecule has 0 saturated carbocycles. The highest BCUT2D eigenvalue weighted by Crippen LogP contribution is 1.83. The molecule has 0 aromatic heterocycles. The van der Waals surface area contributed by atoms with Gasteiger partial charge in [-0.25, -0.2) is 12.7 Å². The normalized spacial score (nSPS) is 10.4. The van der Waals surface area contributed by atoms with Crippen LogP contribution in [0.5, 0.6) is 0 Å². The number of nitrogens with zero attached hydrogens (tertiary/aromatic N) is 2. The monoisotopic (exact) mass is 210 g/mol. The first kappa shape index (κ1) is 14.9. The second-order valence-electron chi connectivity index (χ2n) is 2.96. The van der Waals surface area contributed by atoms with Crippen molar-refractivity contribution in [2.75, 3.05) is 34.4 Å². The average Bonchev–Trinajstić information content (AvgIpc) is 1.86. The highest BCUT2D eigenvalue weighted by molar-refractivity contribution is 7.88. The Morgan fingerprint density at radius 3 is 1.23 bits per heavy atom. The van der Waals surface area contributed by atoms with Crippen LogP contribution in [0.15, 0.2) is 0 Å². The number of amides is 1. The van der Waals surface area contributed by atoms with Gasteiger partial charge in [0.05, 0.1) is 6.26 Å². The first-order valence-corrected chi connectivity index (χ1v) is 5.49. The van der Waals surface area contributed by atoms with E-state index in [1.54, 1.807) is 14.1 Å². The highest BCUT2D eigenvalue weighted by atomic mass is 32.2. The molecule has 0 spiro atoms. The van der Waals surface area contributed by atoms with Crippen molar-refractivity contribution in [3.8, 4) is 0 Å². The van der Waals surface area contributed by atoms with Crippen LogP contribution < -0.4 is 0 Å². The quantitative estimate of drug-likeness (QED) is 0.592. The van der Waals surface area contributed by atoms with E-state index in [9.17, 15) is 13.2 Å². The fourth-order valence-electron chi connectivity index (χ4n) is 0. The van der Waals surface area contributed by atoms with Crippen LogP contribution in [0.1, 0.15) is 6.92 Å². The summed E-state index contributed by atoms with van der Waals surface area (Å²) in [5.41, 5.74) is 0.